The van der Waals surface area contributed by atoms with E-state index in [4.69, 9.17) is 17.3 Å². The molecule has 1 aromatic rings. The van der Waals surface area contributed by atoms with Crippen LogP contribution in [0.2, 0.25) is 5.02 Å². The number of hydrogen-bond donors (Lipinski definition) is 2. The molecule has 1 aliphatic carbocycles. The number of rotatable bonds is 6. The Morgan fingerprint density at radius 1 is 1.55 bits per heavy atom. The van der Waals surface area contributed by atoms with Crippen LogP contribution in [0.25, 0.3) is 0 Å². The van der Waals surface area contributed by atoms with Gasteiger partial charge in [0, 0.05) is 22.5 Å². The van der Waals surface area contributed by atoms with Crippen molar-refractivity contribution in [2.24, 2.45) is 11.7 Å². The Kier molecular flexibility index (Phi) is 7.17. The van der Waals surface area contributed by atoms with Crippen molar-refractivity contribution in [1.82, 2.24) is 5.32 Å². The molecule has 0 aromatic heterocycles. The highest BCUT2D eigenvalue weighted by Gasteiger charge is 2.31. The minimum Gasteiger partial charge on any atom is -0.348 e. The van der Waals surface area contributed by atoms with E-state index in [-0.39, 0.29) is 24.4 Å². The molecule has 0 bridgehead atoms. The lowest BCUT2D eigenvalue weighted by Crippen LogP contribution is -2.41. The fourth-order valence-electron chi connectivity index (χ4n) is 2.07. The van der Waals surface area contributed by atoms with Gasteiger partial charge in [0.25, 0.3) is 5.91 Å². The first-order valence-electron chi connectivity index (χ1n) is 6.59. The molecule has 0 radical (unpaired) electrons. The predicted molar refractivity (Wildman–Crippen MR) is 88.1 cm³/mol. The maximum Gasteiger partial charge on any atom is 0.252 e. The summed E-state index contributed by atoms with van der Waals surface area (Å²) in [6, 6.07) is 5.54. The minimum atomic E-state index is -0.0687. The summed E-state index contributed by atoms with van der Waals surface area (Å²) >= 11 is 7.64. The molecule has 1 amide bonds. The zero-order valence-electron chi connectivity index (χ0n) is 11.4. The van der Waals surface area contributed by atoms with E-state index in [2.05, 4.69) is 12.2 Å². The standard InChI is InChI=1S/C14H19ClN2OS.ClH/c1-2-19-13-6-5-10(15)7-11(13)14(18)17-12(8-16)9-3-4-9;/h5-7,9,12H,2-4,8,16H2,1H3,(H,17,18);1H. The number of carbonyl (C=O) groups excluding carboxylic acids is 1. The Balaban J connectivity index is 0.00000200. The van der Waals surface area contributed by atoms with Gasteiger partial charge in [-0.1, -0.05) is 18.5 Å². The number of benzene rings is 1. The van der Waals surface area contributed by atoms with Crippen LogP contribution < -0.4 is 11.1 Å². The van der Waals surface area contributed by atoms with E-state index in [0.717, 1.165) is 23.5 Å². The molecule has 6 heteroatoms. The number of amides is 1. The van der Waals surface area contributed by atoms with Gasteiger partial charge < -0.3 is 11.1 Å². The Morgan fingerprint density at radius 3 is 2.80 bits per heavy atom. The summed E-state index contributed by atoms with van der Waals surface area (Å²) in [7, 11) is 0. The third-order valence-corrected chi connectivity index (χ3v) is 4.44. The van der Waals surface area contributed by atoms with E-state index in [1.54, 1.807) is 17.8 Å². The van der Waals surface area contributed by atoms with E-state index in [0.29, 0.717) is 23.0 Å². The van der Waals surface area contributed by atoms with Gasteiger partial charge in [0.2, 0.25) is 0 Å². The van der Waals surface area contributed by atoms with Crippen LogP contribution in [0.3, 0.4) is 0 Å². The second-order valence-corrected chi connectivity index (χ2v) is 6.47. The summed E-state index contributed by atoms with van der Waals surface area (Å²) < 4.78 is 0. The van der Waals surface area contributed by atoms with Crippen molar-refractivity contribution < 1.29 is 4.79 Å². The lowest BCUT2D eigenvalue weighted by atomic mass is 10.1. The first-order chi connectivity index (χ1) is 9.15. The van der Waals surface area contributed by atoms with Crippen molar-refractivity contribution in [3.63, 3.8) is 0 Å². The largest absolute Gasteiger partial charge is 0.348 e. The molecule has 3 nitrogen and oxygen atoms in total. The van der Waals surface area contributed by atoms with E-state index in [1.165, 1.54) is 0 Å². The number of carbonyl (C=O) groups is 1. The van der Waals surface area contributed by atoms with Crippen LogP contribution in [0, 0.1) is 5.92 Å². The van der Waals surface area contributed by atoms with Gasteiger partial charge in [-0.05, 0) is 42.7 Å². The monoisotopic (exact) mass is 334 g/mol. The molecule has 0 spiro atoms. The molecule has 0 saturated heterocycles. The van der Waals surface area contributed by atoms with Crippen LogP contribution in [-0.4, -0.2) is 24.2 Å². The topological polar surface area (TPSA) is 55.1 Å². The van der Waals surface area contributed by atoms with Gasteiger partial charge in [-0.3, -0.25) is 4.79 Å². The van der Waals surface area contributed by atoms with Crippen molar-refractivity contribution >= 4 is 41.7 Å². The molecule has 1 fully saturated rings. The van der Waals surface area contributed by atoms with Gasteiger partial charge in [-0.25, -0.2) is 0 Å². The number of thioether (sulfide) groups is 1. The summed E-state index contributed by atoms with van der Waals surface area (Å²) in [5.74, 6) is 1.40. The molecule has 2 rings (SSSR count). The van der Waals surface area contributed by atoms with Crippen LogP contribution in [0.4, 0.5) is 0 Å². The molecular formula is C14H20Cl2N2OS. The molecule has 0 aliphatic heterocycles. The number of nitrogens with two attached hydrogens (primary N) is 1. The minimum absolute atomic E-state index is 0. The number of halogens is 2. The van der Waals surface area contributed by atoms with Crippen molar-refractivity contribution in [1.29, 1.82) is 0 Å². The second kappa shape index (κ2) is 8.13. The molecule has 1 unspecified atom stereocenters. The van der Waals surface area contributed by atoms with Gasteiger partial charge in [-0.2, -0.15) is 0 Å². The van der Waals surface area contributed by atoms with Gasteiger partial charge in [0.05, 0.1) is 5.56 Å². The summed E-state index contributed by atoms with van der Waals surface area (Å²) in [4.78, 5) is 13.3. The SMILES string of the molecule is CCSc1ccc(Cl)cc1C(=O)NC(CN)C1CC1.Cl. The number of hydrogen-bond acceptors (Lipinski definition) is 3. The molecule has 1 aliphatic rings. The maximum atomic E-state index is 12.4. The third kappa shape index (κ3) is 4.55. The summed E-state index contributed by atoms with van der Waals surface area (Å²) in [5.41, 5.74) is 6.37. The van der Waals surface area contributed by atoms with Crippen molar-refractivity contribution in [2.45, 2.75) is 30.7 Å². The van der Waals surface area contributed by atoms with Crippen LogP contribution in [-0.2, 0) is 0 Å². The van der Waals surface area contributed by atoms with Gasteiger partial charge in [0.1, 0.15) is 0 Å². The normalized spacial score (nSPS) is 15.3. The highest BCUT2D eigenvalue weighted by molar-refractivity contribution is 7.99. The van der Waals surface area contributed by atoms with Crippen LogP contribution in [0.1, 0.15) is 30.1 Å². The number of nitrogens with one attached hydrogen (secondary N) is 1. The molecule has 1 atom stereocenters. The first-order valence-corrected chi connectivity index (χ1v) is 7.95. The van der Waals surface area contributed by atoms with Gasteiger partial charge in [0.15, 0.2) is 0 Å². The molecule has 112 valence electrons. The molecule has 1 aromatic carbocycles. The van der Waals surface area contributed by atoms with Crippen LogP contribution in [0.5, 0.6) is 0 Å². The molecular weight excluding hydrogens is 315 g/mol. The summed E-state index contributed by atoms with van der Waals surface area (Å²) in [6.07, 6.45) is 2.32. The van der Waals surface area contributed by atoms with Gasteiger partial charge in [-0.15, -0.1) is 24.2 Å². The smallest absolute Gasteiger partial charge is 0.252 e. The quantitative estimate of drug-likeness (QED) is 0.784. The van der Waals surface area contributed by atoms with E-state index in [9.17, 15) is 4.79 Å². The maximum absolute atomic E-state index is 12.4. The summed E-state index contributed by atoms with van der Waals surface area (Å²) in [6.45, 7) is 2.56. The lowest BCUT2D eigenvalue weighted by Gasteiger charge is -2.17. The zero-order chi connectivity index (χ0) is 13.8. The highest BCUT2D eigenvalue weighted by Crippen LogP contribution is 2.33. The van der Waals surface area contributed by atoms with E-state index in [1.807, 2.05) is 12.1 Å². The lowest BCUT2D eigenvalue weighted by molar-refractivity contribution is 0.0930. The molecule has 3 N–H and O–H groups in total. The average molecular weight is 335 g/mol. The van der Waals surface area contributed by atoms with Crippen LogP contribution >= 0.6 is 35.8 Å². The zero-order valence-corrected chi connectivity index (χ0v) is 13.8. The van der Waals surface area contributed by atoms with Crippen molar-refractivity contribution in [3.8, 4) is 0 Å². The van der Waals surface area contributed by atoms with E-state index >= 15 is 0 Å². The van der Waals surface area contributed by atoms with Crippen molar-refractivity contribution in [3.05, 3.63) is 28.8 Å². The van der Waals surface area contributed by atoms with Crippen molar-refractivity contribution in [2.75, 3.05) is 12.3 Å². The first kappa shape index (κ1) is 17.6. The van der Waals surface area contributed by atoms with Crippen LogP contribution in [0.15, 0.2) is 23.1 Å². The Hall–Kier alpha value is -0.420. The third-order valence-electron chi connectivity index (χ3n) is 3.25. The Morgan fingerprint density at radius 2 is 2.25 bits per heavy atom. The average Bonchev–Trinajstić information content (AvgIpc) is 3.22. The van der Waals surface area contributed by atoms with Gasteiger partial charge >= 0.3 is 0 Å². The molecule has 20 heavy (non-hydrogen) atoms. The highest BCUT2D eigenvalue weighted by atomic mass is 35.5. The summed E-state index contributed by atoms with van der Waals surface area (Å²) in [5, 5.41) is 3.62. The fraction of sp³-hybridized carbons (Fsp3) is 0.500. The predicted octanol–water partition coefficient (Wildman–Crippen LogP) is 3.34. The molecule has 1 saturated carbocycles. The second-order valence-electron chi connectivity index (χ2n) is 4.73. The van der Waals surface area contributed by atoms with E-state index < -0.39 is 0 Å². The molecule has 0 heterocycles. The fourth-order valence-corrected chi connectivity index (χ4v) is 3.03. The Bertz CT molecular complexity index is 466. The Labute approximate surface area is 135 Å².